The van der Waals surface area contributed by atoms with Gasteiger partial charge in [-0.2, -0.15) is 0 Å². The Bertz CT molecular complexity index is 720. The third-order valence-corrected chi connectivity index (χ3v) is 5.15. The Balaban J connectivity index is 1.61. The molecule has 2 aromatic rings. The number of urea groups is 1. The van der Waals surface area contributed by atoms with Gasteiger partial charge in [-0.25, -0.2) is 4.79 Å². The smallest absolute Gasteiger partial charge is 0.322 e. The van der Waals surface area contributed by atoms with Crippen molar-refractivity contribution < 1.29 is 9.59 Å². The first-order valence-corrected chi connectivity index (χ1v) is 9.03. The minimum absolute atomic E-state index is 0.116. The molecule has 126 valence electrons. The summed E-state index contributed by atoms with van der Waals surface area (Å²) < 4.78 is 0. The van der Waals surface area contributed by atoms with E-state index >= 15 is 0 Å². The Morgan fingerprint density at radius 1 is 1.25 bits per heavy atom. The van der Waals surface area contributed by atoms with Gasteiger partial charge < -0.3 is 15.5 Å². The van der Waals surface area contributed by atoms with Crippen molar-refractivity contribution in [2.75, 3.05) is 11.9 Å². The monoisotopic (exact) mass is 363 g/mol. The van der Waals surface area contributed by atoms with Crippen molar-refractivity contribution >= 4 is 40.6 Å². The molecule has 1 aromatic heterocycles. The van der Waals surface area contributed by atoms with E-state index in [2.05, 4.69) is 10.6 Å². The molecule has 5 nitrogen and oxygen atoms in total. The van der Waals surface area contributed by atoms with Crippen molar-refractivity contribution in [3.8, 4) is 0 Å². The maximum Gasteiger partial charge on any atom is 0.322 e. The molecule has 2 heterocycles. The summed E-state index contributed by atoms with van der Waals surface area (Å²) in [4.78, 5) is 27.6. The van der Waals surface area contributed by atoms with Crippen LogP contribution < -0.4 is 10.6 Å². The van der Waals surface area contributed by atoms with Gasteiger partial charge in [-0.3, -0.25) is 4.79 Å². The molecule has 0 saturated carbocycles. The fourth-order valence-electron chi connectivity index (χ4n) is 2.74. The Kier molecular flexibility index (Phi) is 5.37. The number of amides is 3. The standard InChI is InChI=1S/C17H18ClN3O2S/c18-13-6-1-2-7-14(13)20-17(23)21-9-3-8-15(21)16(22)19-11-12-5-4-10-24-12/h1-2,4-7,10,15H,3,8-9,11H2,(H,19,22)(H,20,23)/t15-/m1/s1. The van der Waals surface area contributed by atoms with Crippen LogP contribution in [-0.4, -0.2) is 29.4 Å². The highest BCUT2D eigenvalue weighted by Crippen LogP contribution is 2.23. The molecule has 7 heteroatoms. The van der Waals surface area contributed by atoms with Gasteiger partial charge in [-0.15, -0.1) is 11.3 Å². The second-order valence-corrected chi connectivity index (χ2v) is 7.00. The van der Waals surface area contributed by atoms with Crippen LogP contribution in [0.5, 0.6) is 0 Å². The van der Waals surface area contributed by atoms with Crippen LogP contribution in [0, 0.1) is 0 Å². The molecule has 3 rings (SSSR count). The molecule has 1 atom stereocenters. The topological polar surface area (TPSA) is 61.4 Å². The van der Waals surface area contributed by atoms with Gasteiger partial charge in [0.15, 0.2) is 0 Å². The van der Waals surface area contributed by atoms with E-state index in [-0.39, 0.29) is 11.9 Å². The van der Waals surface area contributed by atoms with Crippen molar-refractivity contribution in [2.45, 2.75) is 25.4 Å². The Morgan fingerprint density at radius 3 is 2.83 bits per heavy atom. The Hall–Kier alpha value is -2.05. The lowest BCUT2D eigenvalue weighted by molar-refractivity contribution is -0.124. The molecular formula is C17H18ClN3O2S. The van der Waals surface area contributed by atoms with Gasteiger partial charge in [0.05, 0.1) is 17.3 Å². The number of carbonyl (C=O) groups excluding carboxylic acids is 2. The van der Waals surface area contributed by atoms with E-state index < -0.39 is 6.04 Å². The van der Waals surface area contributed by atoms with E-state index in [0.717, 1.165) is 11.3 Å². The number of nitrogens with one attached hydrogen (secondary N) is 2. The van der Waals surface area contributed by atoms with E-state index in [4.69, 9.17) is 11.6 Å². The lowest BCUT2D eigenvalue weighted by Gasteiger charge is -2.24. The van der Waals surface area contributed by atoms with Crippen LogP contribution in [0.2, 0.25) is 5.02 Å². The lowest BCUT2D eigenvalue weighted by atomic mass is 10.2. The second kappa shape index (κ2) is 7.68. The lowest BCUT2D eigenvalue weighted by Crippen LogP contribution is -2.47. The molecule has 0 bridgehead atoms. The van der Waals surface area contributed by atoms with Crippen LogP contribution in [-0.2, 0) is 11.3 Å². The number of benzene rings is 1. The predicted octanol–water partition coefficient (Wildman–Crippen LogP) is 3.71. The molecule has 1 aliphatic heterocycles. The Labute approximate surface area is 149 Å². The average molecular weight is 364 g/mol. The number of thiophene rings is 1. The highest BCUT2D eigenvalue weighted by Gasteiger charge is 2.34. The highest BCUT2D eigenvalue weighted by atomic mass is 35.5. The van der Waals surface area contributed by atoms with Crippen LogP contribution in [0.3, 0.4) is 0 Å². The van der Waals surface area contributed by atoms with Crippen molar-refractivity contribution in [1.29, 1.82) is 0 Å². The molecule has 0 radical (unpaired) electrons. The zero-order valence-electron chi connectivity index (χ0n) is 13.0. The molecule has 2 N–H and O–H groups in total. The molecule has 3 amide bonds. The van der Waals surface area contributed by atoms with Gasteiger partial charge in [0.1, 0.15) is 6.04 Å². The fraction of sp³-hybridized carbons (Fsp3) is 0.294. The number of carbonyl (C=O) groups is 2. The van der Waals surface area contributed by atoms with E-state index in [1.807, 2.05) is 17.5 Å². The largest absolute Gasteiger partial charge is 0.349 e. The highest BCUT2D eigenvalue weighted by molar-refractivity contribution is 7.09. The maximum atomic E-state index is 12.5. The molecule has 1 fully saturated rings. The number of nitrogens with zero attached hydrogens (tertiary/aromatic N) is 1. The number of para-hydroxylation sites is 1. The van der Waals surface area contributed by atoms with Gasteiger partial charge in [-0.05, 0) is 36.4 Å². The molecule has 0 spiro atoms. The minimum Gasteiger partial charge on any atom is -0.349 e. The normalized spacial score (nSPS) is 16.9. The van der Waals surface area contributed by atoms with Gasteiger partial charge in [0.25, 0.3) is 0 Å². The summed E-state index contributed by atoms with van der Waals surface area (Å²) in [6.07, 6.45) is 1.49. The summed E-state index contributed by atoms with van der Waals surface area (Å²) >= 11 is 7.67. The first-order valence-electron chi connectivity index (χ1n) is 7.77. The average Bonchev–Trinajstić information content (AvgIpc) is 3.26. The van der Waals surface area contributed by atoms with Crippen LogP contribution in [0.1, 0.15) is 17.7 Å². The number of likely N-dealkylation sites (tertiary alicyclic amines) is 1. The van der Waals surface area contributed by atoms with Gasteiger partial charge in [0, 0.05) is 11.4 Å². The quantitative estimate of drug-likeness (QED) is 0.869. The number of rotatable bonds is 4. The molecular weight excluding hydrogens is 346 g/mol. The SMILES string of the molecule is O=C(NCc1cccs1)[C@H]1CCCN1C(=O)Nc1ccccc1Cl. The van der Waals surface area contributed by atoms with Crippen molar-refractivity contribution in [2.24, 2.45) is 0 Å². The molecule has 0 unspecified atom stereocenters. The summed E-state index contributed by atoms with van der Waals surface area (Å²) in [7, 11) is 0. The van der Waals surface area contributed by atoms with Crippen molar-refractivity contribution in [3.05, 3.63) is 51.7 Å². The first-order chi connectivity index (χ1) is 11.6. The van der Waals surface area contributed by atoms with Crippen LogP contribution in [0.15, 0.2) is 41.8 Å². The molecule has 1 aliphatic rings. The van der Waals surface area contributed by atoms with E-state index in [0.29, 0.717) is 30.2 Å². The number of hydrogen-bond donors (Lipinski definition) is 2. The Morgan fingerprint density at radius 2 is 2.08 bits per heavy atom. The van der Waals surface area contributed by atoms with Gasteiger partial charge in [-0.1, -0.05) is 29.8 Å². The van der Waals surface area contributed by atoms with Gasteiger partial charge in [0.2, 0.25) is 5.91 Å². The zero-order chi connectivity index (χ0) is 16.9. The summed E-state index contributed by atoms with van der Waals surface area (Å²) in [5.74, 6) is -0.116. The number of hydrogen-bond acceptors (Lipinski definition) is 3. The third-order valence-electron chi connectivity index (χ3n) is 3.95. The third kappa shape index (κ3) is 3.88. The summed E-state index contributed by atoms with van der Waals surface area (Å²) in [5.41, 5.74) is 0.550. The molecule has 1 saturated heterocycles. The van der Waals surface area contributed by atoms with Crippen molar-refractivity contribution in [3.63, 3.8) is 0 Å². The van der Waals surface area contributed by atoms with E-state index in [9.17, 15) is 9.59 Å². The predicted molar refractivity (Wildman–Crippen MR) is 96.4 cm³/mol. The van der Waals surface area contributed by atoms with E-state index in [1.165, 1.54) is 0 Å². The summed E-state index contributed by atoms with van der Waals surface area (Å²) in [5, 5.41) is 8.14. The molecule has 24 heavy (non-hydrogen) atoms. The van der Waals surface area contributed by atoms with Crippen LogP contribution >= 0.6 is 22.9 Å². The second-order valence-electron chi connectivity index (χ2n) is 5.56. The maximum absolute atomic E-state index is 12.5. The molecule has 0 aliphatic carbocycles. The molecule has 1 aromatic carbocycles. The number of halogens is 1. The van der Waals surface area contributed by atoms with E-state index in [1.54, 1.807) is 40.5 Å². The van der Waals surface area contributed by atoms with Crippen LogP contribution in [0.4, 0.5) is 10.5 Å². The van der Waals surface area contributed by atoms with Crippen LogP contribution in [0.25, 0.3) is 0 Å². The summed E-state index contributed by atoms with van der Waals surface area (Å²) in [6, 6.07) is 10.2. The summed E-state index contributed by atoms with van der Waals surface area (Å²) in [6.45, 7) is 1.06. The fourth-order valence-corrected chi connectivity index (χ4v) is 3.56. The van der Waals surface area contributed by atoms with Crippen molar-refractivity contribution in [1.82, 2.24) is 10.2 Å². The zero-order valence-corrected chi connectivity index (χ0v) is 14.6. The van der Waals surface area contributed by atoms with Gasteiger partial charge >= 0.3 is 6.03 Å². The number of anilines is 1. The first kappa shape index (κ1) is 16.8. The minimum atomic E-state index is -0.438.